The maximum Gasteiger partial charge on any atom is 0.391 e. The molecule has 0 heterocycles. The van der Waals surface area contributed by atoms with Crippen LogP contribution in [-0.2, 0) is 25.6 Å². The number of anilines is 1. The predicted octanol–water partition coefficient (Wildman–Crippen LogP) is 3.51. The number of ether oxygens (including phenoxy) is 1. The zero-order valence-corrected chi connectivity index (χ0v) is 21.7. The number of hydrogen-bond donors (Lipinski definition) is 2. The summed E-state index contributed by atoms with van der Waals surface area (Å²) in [4.78, 5) is 51.2. The highest BCUT2D eigenvalue weighted by molar-refractivity contribution is 5.98. The van der Waals surface area contributed by atoms with Gasteiger partial charge in [0, 0.05) is 24.8 Å². The standard InChI is InChI=1S/C25H35F4N3O5/c1-6-16-9-10-17(32(7-2)8-3)11-20(16)37-22(35)12-21(34)31-23(15(4)5)24(36)30-18(19(33)14-26)13-25(27,28)29/h9-11,15,18,23H,6-8,12-14H2,1-5H3,(H,30,36)(H,31,34)/t18?,23-/m0/s1. The van der Waals surface area contributed by atoms with Crippen molar-refractivity contribution < 1.29 is 41.5 Å². The Bertz CT molecular complexity index is 949. The number of halogens is 4. The van der Waals surface area contributed by atoms with Gasteiger partial charge in [-0.2, -0.15) is 13.2 Å². The first-order chi connectivity index (χ1) is 17.3. The molecule has 1 aromatic rings. The summed E-state index contributed by atoms with van der Waals surface area (Å²) in [5.41, 5.74) is 1.58. The van der Waals surface area contributed by atoms with Gasteiger partial charge in [0.25, 0.3) is 0 Å². The normalized spacial score (nSPS) is 13.0. The summed E-state index contributed by atoms with van der Waals surface area (Å²) < 4.78 is 56.4. The molecule has 0 spiro atoms. The number of alkyl halides is 4. The number of nitrogens with one attached hydrogen (secondary N) is 2. The molecule has 2 amide bonds. The molecule has 8 nitrogen and oxygen atoms in total. The van der Waals surface area contributed by atoms with E-state index in [1.54, 1.807) is 6.07 Å². The van der Waals surface area contributed by atoms with Crippen molar-refractivity contribution in [3.8, 4) is 5.75 Å². The lowest BCUT2D eigenvalue weighted by molar-refractivity contribution is -0.151. The molecule has 0 aromatic heterocycles. The number of carbonyl (C=O) groups excluding carboxylic acids is 4. The van der Waals surface area contributed by atoms with Crippen LogP contribution in [0.15, 0.2) is 18.2 Å². The smallest absolute Gasteiger partial charge is 0.391 e. The van der Waals surface area contributed by atoms with E-state index in [0.717, 1.165) is 24.3 Å². The van der Waals surface area contributed by atoms with Crippen LogP contribution in [0, 0.1) is 5.92 Å². The van der Waals surface area contributed by atoms with Gasteiger partial charge < -0.3 is 20.3 Å². The van der Waals surface area contributed by atoms with Gasteiger partial charge in [0.05, 0.1) is 12.5 Å². The second kappa shape index (κ2) is 14.5. The summed E-state index contributed by atoms with van der Waals surface area (Å²) in [6.45, 7) is 8.62. The van der Waals surface area contributed by atoms with Crippen LogP contribution in [0.5, 0.6) is 5.75 Å². The van der Waals surface area contributed by atoms with Crippen molar-refractivity contribution >= 4 is 29.3 Å². The molecule has 0 aliphatic heterocycles. The minimum atomic E-state index is -4.83. The van der Waals surface area contributed by atoms with Crippen LogP contribution >= 0.6 is 0 Å². The Labute approximate surface area is 214 Å². The number of hydrogen-bond acceptors (Lipinski definition) is 6. The van der Waals surface area contributed by atoms with Gasteiger partial charge in [-0.3, -0.25) is 19.2 Å². The van der Waals surface area contributed by atoms with E-state index < -0.39 is 67.3 Å². The van der Waals surface area contributed by atoms with E-state index in [-0.39, 0.29) is 0 Å². The molecule has 37 heavy (non-hydrogen) atoms. The number of rotatable bonds is 14. The van der Waals surface area contributed by atoms with E-state index in [4.69, 9.17) is 4.74 Å². The second-order valence-electron chi connectivity index (χ2n) is 8.74. The number of ketones is 1. The molecule has 12 heteroatoms. The molecule has 0 aliphatic carbocycles. The van der Waals surface area contributed by atoms with Crippen LogP contribution in [0.3, 0.4) is 0 Å². The second-order valence-corrected chi connectivity index (χ2v) is 8.74. The Kier molecular flexibility index (Phi) is 12.5. The van der Waals surface area contributed by atoms with Crippen LogP contribution < -0.4 is 20.3 Å². The zero-order chi connectivity index (χ0) is 28.3. The highest BCUT2D eigenvalue weighted by Gasteiger charge is 2.37. The van der Waals surface area contributed by atoms with Crippen molar-refractivity contribution in [2.24, 2.45) is 5.92 Å². The highest BCUT2D eigenvalue weighted by Crippen LogP contribution is 2.27. The predicted molar refractivity (Wildman–Crippen MR) is 130 cm³/mol. The number of nitrogens with zero attached hydrogens (tertiary/aromatic N) is 1. The number of Topliss-reactive ketones (excluding diaryl/α,β-unsaturated/α-hetero) is 1. The van der Waals surface area contributed by atoms with Crippen molar-refractivity contribution in [3.63, 3.8) is 0 Å². The number of carbonyl (C=O) groups is 4. The van der Waals surface area contributed by atoms with Gasteiger partial charge in [0.1, 0.15) is 24.9 Å². The molecule has 1 unspecified atom stereocenters. The van der Waals surface area contributed by atoms with Gasteiger partial charge in [0.2, 0.25) is 11.8 Å². The van der Waals surface area contributed by atoms with Gasteiger partial charge in [-0.05, 0) is 37.8 Å². The number of benzene rings is 1. The third-order valence-corrected chi connectivity index (χ3v) is 5.63. The molecule has 0 aliphatic rings. The molecule has 2 N–H and O–H groups in total. The SMILES string of the molecule is CCc1ccc(N(CC)CC)cc1OC(=O)CC(=O)N[C@H](C(=O)NC(CC(F)(F)F)C(=O)CF)C(C)C. The molecule has 0 bridgehead atoms. The van der Waals surface area contributed by atoms with Gasteiger partial charge in [-0.1, -0.05) is 26.8 Å². The fraction of sp³-hybridized carbons (Fsp3) is 0.600. The Balaban J connectivity index is 2.92. The number of esters is 1. The first kappa shape index (κ1) is 31.8. The summed E-state index contributed by atoms with van der Waals surface area (Å²) >= 11 is 0. The molecular weight excluding hydrogens is 498 g/mol. The third kappa shape index (κ3) is 10.4. The lowest BCUT2D eigenvalue weighted by atomic mass is 10.0. The summed E-state index contributed by atoms with van der Waals surface area (Å²) in [6, 6.07) is 1.92. The van der Waals surface area contributed by atoms with Crippen LogP contribution in [0.1, 0.15) is 53.0 Å². The van der Waals surface area contributed by atoms with E-state index in [1.807, 2.05) is 38.2 Å². The van der Waals surface area contributed by atoms with Crippen LogP contribution in [0.25, 0.3) is 0 Å². The average Bonchev–Trinajstić information content (AvgIpc) is 2.81. The van der Waals surface area contributed by atoms with E-state index in [9.17, 15) is 36.7 Å². The van der Waals surface area contributed by atoms with Gasteiger partial charge in [0.15, 0.2) is 5.78 Å². The van der Waals surface area contributed by atoms with Crippen molar-refractivity contribution in [1.29, 1.82) is 0 Å². The molecule has 0 radical (unpaired) electrons. The van der Waals surface area contributed by atoms with Gasteiger partial charge in [-0.15, -0.1) is 0 Å². The topological polar surface area (TPSA) is 105 Å². The first-order valence-electron chi connectivity index (χ1n) is 12.1. The maximum atomic E-state index is 12.8. The Hall–Kier alpha value is -3.18. The van der Waals surface area contributed by atoms with Gasteiger partial charge >= 0.3 is 12.1 Å². The largest absolute Gasteiger partial charge is 0.426 e. The molecule has 208 valence electrons. The fourth-order valence-corrected chi connectivity index (χ4v) is 3.60. The summed E-state index contributed by atoms with van der Waals surface area (Å²) in [5.74, 6) is -4.67. The lowest BCUT2D eigenvalue weighted by Gasteiger charge is -2.25. The molecular formula is C25H35F4N3O5. The van der Waals surface area contributed by atoms with Crippen molar-refractivity contribution in [1.82, 2.24) is 10.6 Å². The Morgan fingerprint density at radius 1 is 1.03 bits per heavy atom. The van der Waals surface area contributed by atoms with Crippen LogP contribution in [0.4, 0.5) is 23.2 Å². The van der Waals surface area contributed by atoms with Crippen molar-refractivity contribution in [2.45, 2.75) is 72.1 Å². The van der Waals surface area contributed by atoms with Crippen molar-refractivity contribution in [2.75, 3.05) is 24.7 Å². The van der Waals surface area contributed by atoms with Crippen LogP contribution in [-0.4, -0.2) is 61.6 Å². The maximum absolute atomic E-state index is 12.8. The average molecular weight is 534 g/mol. The molecule has 2 atom stereocenters. The van der Waals surface area contributed by atoms with E-state index in [0.29, 0.717) is 12.2 Å². The summed E-state index contributed by atoms with van der Waals surface area (Å²) in [6.07, 6.45) is -6.77. The molecule has 0 fully saturated rings. The lowest BCUT2D eigenvalue weighted by Crippen LogP contribution is -2.55. The van der Waals surface area contributed by atoms with E-state index >= 15 is 0 Å². The molecule has 1 rings (SSSR count). The minimum Gasteiger partial charge on any atom is -0.426 e. The Morgan fingerprint density at radius 2 is 1.65 bits per heavy atom. The quantitative estimate of drug-likeness (QED) is 0.164. The minimum absolute atomic E-state index is 0.294. The summed E-state index contributed by atoms with van der Waals surface area (Å²) in [5, 5.41) is 4.15. The van der Waals surface area contributed by atoms with E-state index in [2.05, 4.69) is 10.2 Å². The molecule has 0 saturated carbocycles. The van der Waals surface area contributed by atoms with Gasteiger partial charge in [-0.25, -0.2) is 4.39 Å². The van der Waals surface area contributed by atoms with Crippen LogP contribution in [0.2, 0.25) is 0 Å². The number of amides is 2. The highest BCUT2D eigenvalue weighted by atomic mass is 19.4. The Morgan fingerprint density at radius 3 is 2.14 bits per heavy atom. The van der Waals surface area contributed by atoms with E-state index in [1.165, 1.54) is 13.8 Å². The third-order valence-electron chi connectivity index (χ3n) is 5.63. The monoisotopic (exact) mass is 533 g/mol. The number of aryl methyl sites for hydroxylation is 1. The zero-order valence-electron chi connectivity index (χ0n) is 21.7. The fourth-order valence-electron chi connectivity index (χ4n) is 3.60. The first-order valence-corrected chi connectivity index (χ1v) is 12.1. The molecule has 1 aromatic carbocycles. The molecule has 0 saturated heterocycles. The van der Waals surface area contributed by atoms with Crippen molar-refractivity contribution in [3.05, 3.63) is 23.8 Å². The summed E-state index contributed by atoms with van der Waals surface area (Å²) in [7, 11) is 0.